The van der Waals surface area contributed by atoms with Gasteiger partial charge in [0.15, 0.2) is 0 Å². The van der Waals surface area contributed by atoms with E-state index in [1.807, 2.05) is 6.07 Å². The third-order valence-corrected chi connectivity index (χ3v) is 13.1. The van der Waals surface area contributed by atoms with Crippen molar-refractivity contribution in [3.63, 3.8) is 0 Å². The van der Waals surface area contributed by atoms with E-state index in [1.165, 1.54) is 32.7 Å². The topological polar surface area (TPSA) is 29.5 Å². The van der Waals surface area contributed by atoms with Crippen molar-refractivity contribution >= 4 is 82.5 Å². The standard InChI is InChI=1S/C62H39NO2/c1-3-13-40(14-4-1)41-25-27-45(28-26-41)51-37-38-56(60-54-20-9-10-24-57(54)64-62(51)60)63(55-23-11-18-46-30-29-44-17-7-8-19-49(44)59(46)55)48-34-31-42(32-35-48)47-33-36-52-53-22-12-21-50(43-15-5-2-6-16-43)61(53)65-58(52)39-47/h1-39H. The third-order valence-electron chi connectivity index (χ3n) is 13.1. The Kier molecular flexibility index (Phi) is 8.53. The minimum Gasteiger partial charge on any atom is -0.455 e. The third kappa shape index (κ3) is 6.12. The Labute approximate surface area is 375 Å². The summed E-state index contributed by atoms with van der Waals surface area (Å²) in [6.45, 7) is 0. The summed E-state index contributed by atoms with van der Waals surface area (Å²) in [6, 6.07) is 84.5. The van der Waals surface area contributed by atoms with Crippen LogP contribution in [0.2, 0.25) is 0 Å². The van der Waals surface area contributed by atoms with E-state index < -0.39 is 0 Å². The predicted octanol–water partition coefficient (Wildman–Crippen LogP) is 17.9. The Morgan fingerprint density at radius 3 is 1.66 bits per heavy atom. The van der Waals surface area contributed by atoms with Gasteiger partial charge in [-0.15, -0.1) is 0 Å². The lowest BCUT2D eigenvalue weighted by molar-refractivity contribution is 0.669. The zero-order valence-corrected chi connectivity index (χ0v) is 35.3. The van der Waals surface area contributed by atoms with E-state index in [4.69, 9.17) is 8.83 Å². The summed E-state index contributed by atoms with van der Waals surface area (Å²) in [5.41, 5.74) is 15.6. The van der Waals surface area contributed by atoms with Crippen LogP contribution in [-0.4, -0.2) is 0 Å². The number of rotatable bonds is 7. The average Bonchev–Trinajstić information content (AvgIpc) is 3.96. The lowest BCUT2D eigenvalue weighted by Crippen LogP contribution is -2.11. The predicted molar refractivity (Wildman–Crippen MR) is 272 cm³/mol. The number of para-hydroxylation sites is 2. The summed E-state index contributed by atoms with van der Waals surface area (Å²) in [4.78, 5) is 2.43. The van der Waals surface area contributed by atoms with Gasteiger partial charge in [-0.25, -0.2) is 0 Å². The minimum atomic E-state index is 0.854. The van der Waals surface area contributed by atoms with E-state index >= 15 is 0 Å². The van der Waals surface area contributed by atoms with Gasteiger partial charge in [-0.05, 0) is 98.1 Å². The molecule has 3 heteroatoms. The summed E-state index contributed by atoms with van der Waals surface area (Å²) >= 11 is 0. The fourth-order valence-corrected chi connectivity index (χ4v) is 9.96. The second-order valence-electron chi connectivity index (χ2n) is 16.8. The molecule has 304 valence electrons. The molecule has 13 rings (SSSR count). The molecule has 0 atom stereocenters. The molecule has 3 nitrogen and oxygen atoms in total. The van der Waals surface area contributed by atoms with Gasteiger partial charge in [0.25, 0.3) is 0 Å². The van der Waals surface area contributed by atoms with Gasteiger partial charge in [-0.2, -0.15) is 0 Å². The molecule has 0 aliphatic heterocycles. The highest BCUT2D eigenvalue weighted by Gasteiger charge is 2.24. The molecule has 0 fully saturated rings. The number of furan rings is 2. The molecular formula is C62H39NO2. The Morgan fingerprint density at radius 2 is 0.831 bits per heavy atom. The van der Waals surface area contributed by atoms with Crippen LogP contribution in [0.4, 0.5) is 17.1 Å². The van der Waals surface area contributed by atoms with Crippen LogP contribution in [0.5, 0.6) is 0 Å². The van der Waals surface area contributed by atoms with Crippen molar-refractivity contribution < 1.29 is 8.83 Å². The fraction of sp³-hybridized carbons (Fsp3) is 0. The first kappa shape index (κ1) is 36.9. The molecule has 65 heavy (non-hydrogen) atoms. The van der Waals surface area contributed by atoms with Crippen molar-refractivity contribution in [2.24, 2.45) is 0 Å². The maximum atomic E-state index is 6.90. The van der Waals surface area contributed by atoms with Gasteiger partial charge in [0.2, 0.25) is 0 Å². The number of hydrogen-bond donors (Lipinski definition) is 0. The maximum Gasteiger partial charge on any atom is 0.145 e. The van der Waals surface area contributed by atoms with Crippen LogP contribution in [0.25, 0.3) is 110 Å². The molecule has 0 saturated heterocycles. The van der Waals surface area contributed by atoms with Gasteiger partial charge in [-0.3, -0.25) is 0 Å². The largest absolute Gasteiger partial charge is 0.455 e. The molecule has 0 radical (unpaired) electrons. The van der Waals surface area contributed by atoms with Crippen LogP contribution in [0.1, 0.15) is 0 Å². The first-order valence-electron chi connectivity index (χ1n) is 22.2. The van der Waals surface area contributed by atoms with Crippen LogP contribution < -0.4 is 4.90 Å². The zero-order valence-electron chi connectivity index (χ0n) is 35.3. The number of benzene rings is 11. The van der Waals surface area contributed by atoms with Crippen molar-refractivity contribution in [3.8, 4) is 44.5 Å². The van der Waals surface area contributed by atoms with Crippen molar-refractivity contribution in [2.45, 2.75) is 0 Å². The fourth-order valence-electron chi connectivity index (χ4n) is 9.96. The van der Waals surface area contributed by atoms with Gasteiger partial charge < -0.3 is 13.7 Å². The Balaban J connectivity index is 0.989. The summed E-state index contributed by atoms with van der Waals surface area (Å²) in [7, 11) is 0. The number of nitrogens with zero attached hydrogens (tertiary/aromatic N) is 1. The van der Waals surface area contributed by atoms with Crippen molar-refractivity contribution in [3.05, 3.63) is 237 Å². The number of hydrogen-bond acceptors (Lipinski definition) is 3. The summed E-state index contributed by atoms with van der Waals surface area (Å²) in [6.07, 6.45) is 0. The molecular weight excluding hydrogens is 791 g/mol. The Hall–Kier alpha value is -8.66. The summed E-state index contributed by atoms with van der Waals surface area (Å²) < 4.78 is 13.6. The lowest BCUT2D eigenvalue weighted by Gasteiger charge is -2.28. The molecule has 0 bridgehead atoms. The van der Waals surface area contributed by atoms with Crippen molar-refractivity contribution in [2.75, 3.05) is 4.90 Å². The molecule has 0 spiro atoms. The minimum absolute atomic E-state index is 0.854. The molecule has 0 aliphatic rings. The van der Waals surface area contributed by atoms with E-state index in [1.54, 1.807) is 0 Å². The highest BCUT2D eigenvalue weighted by molar-refractivity contribution is 6.20. The SMILES string of the molecule is c1ccc(-c2ccc(-c3ccc(N(c4ccc(-c5ccc6c(c5)oc5c(-c7ccccc7)cccc56)cc4)c4cccc5ccc6ccccc6c45)c4c3oc3ccccc34)cc2)cc1. The monoisotopic (exact) mass is 829 g/mol. The average molecular weight is 830 g/mol. The van der Waals surface area contributed by atoms with Crippen LogP contribution in [-0.2, 0) is 0 Å². The van der Waals surface area contributed by atoms with Gasteiger partial charge in [0.05, 0.1) is 16.8 Å². The molecule has 0 aliphatic carbocycles. The first-order chi connectivity index (χ1) is 32.2. The van der Waals surface area contributed by atoms with E-state index in [0.29, 0.717) is 0 Å². The van der Waals surface area contributed by atoms with E-state index in [0.717, 1.165) is 94.3 Å². The van der Waals surface area contributed by atoms with Gasteiger partial charge in [0.1, 0.15) is 22.3 Å². The van der Waals surface area contributed by atoms with Crippen LogP contribution in [0.3, 0.4) is 0 Å². The summed E-state index contributed by atoms with van der Waals surface area (Å²) in [5, 5.41) is 9.16. The van der Waals surface area contributed by atoms with Gasteiger partial charge in [0, 0.05) is 38.4 Å². The number of anilines is 3. The quantitative estimate of drug-likeness (QED) is 0.150. The second kappa shape index (κ2) is 15.0. The summed E-state index contributed by atoms with van der Waals surface area (Å²) in [5.74, 6) is 0. The van der Waals surface area contributed by atoms with Gasteiger partial charge >= 0.3 is 0 Å². The zero-order chi connectivity index (χ0) is 42.8. The molecule has 11 aromatic carbocycles. The van der Waals surface area contributed by atoms with Crippen LogP contribution in [0, 0.1) is 0 Å². The molecule has 0 amide bonds. The molecule has 13 aromatic rings. The van der Waals surface area contributed by atoms with Crippen molar-refractivity contribution in [1.29, 1.82) is 0 Å². The van der Waals surface area contributed by atoms with Crippen molar-refractivity contribution in [1.82, 2.24) is 0 Å². The van der Waals surface area contributed by atoms with E-state index in [-0.39, 0.29) is 0 Å². The van der Waals surface area contributed by atoms with Gasteiger partial charge in [-0.1, -0.05) is 188 Å². The van der Waals surface area contributed by atoms with E-state index in [2.05, 4.69) is 235 Å². The Bertz CT molecular complexity index is 3920. The molecule has 0 unspecified atom stereocenters. The normalized spacial score (nSPS) is 11.7. The van der Waals surface area contributed by atoms with Crippen LogP contribution in [0.15, 0.2) is 245 Å². The molecule has 0 N–H and O–H groups in total. The Morgan fingerprint density at radius 1 is 0.277 bits per heavy atom. The molecule has 0 saturated carbocycles. The first-order valence-corrected chi connectivity index (χ1v) is 22.2. The highest BCUT2D eigenvalue weighted by atomic mass is 16.3. The number of fused-ring (bicyclic) bond motifs is 9. The van der Waals surface area contributed by atoms with E-state index in [9.17, 15) is 0 Å². The lowest BCUT2D eigenvalue weighted by atomic mass is 9.96. The highest BCUT2D eigenvalue weighted by Crippen LogP contribution is 2.49. The maximum absolute atomic E-state index is 6.90. The smallest absolute Gasteiger partial charge is 0.145 e. The second-order valence-corrected chi connectivity index (χ2v) is 16.8. The molecule has 2 aromatic heterocycles. The molecule has 2 heterocycles. The van der Waals surface area contributed by atoms with Crippen LogP contribution >= 0.6 is 0 Å².